The Morgan fingerprint density at radius 1 is 1.21 bits per heavy atom. The van der Waals surface area contributed by atoms with Crippen LogP contribution in [0.4, 0.5) is 0 Å². The topological polar surface area (TPSA) is 82.2 Å². The maximum Gasteiger partial charge on any atom is 0.339 e. The first-order valence-electron chi connectivity index (χ1n) is 11.4. The van der Waals surface area contributed by atoms with E-state index in [0.717, 1.165) is 45.4 Å². The van der Waals surface area contributed by atoms with Crippen molar-refractivity contribution in [3.63, 3.8) is 0 Å². The number of aliphatic hydroxyl groups is 1. The maximum atomic E-state index is 12.6. The van der Waals surface area contributed by atoms with Crippen molar-refractivity contribution in [1.29, 1.82) is 0 Å². The zero-order valence-electron chi connectivity index (χ0n) is 20.1. The summed E-state index contributed by atoms with van der Waals surface area (Å²) in [5, 5.41) is 16.9. The van der Waals surface area contributed by atoms with Crippen LogP contribution in [-0.2, 0) is 29.5 Å². The number of carbonyl (C=O) groups is 1. The number of nitrogens with zero attached hydrogens (tertiary/aromatic N) is 4. The monoisotopic (exact) mass is 480 g/mol. The van der Waals surface area contributed by atoms with Gasteiger partial charge in [0.05, 0.1) is 19.3 Å². The fourth-order valence-corrected chi connectivity index (χ4v) is 4.81. The van der Waals surface area contributed by atoms with Gasteiger partial charge in [0.15, 0.2) is 6.10 Å². The Balaban J connectivity index is 2.06. The second kappa shape index (κ2) is 9.60. The van der Waals surface area contributed by atoms with Crippen LogP contribution in [0.25, 0.3) is 22.2 Å². The molecule has 0 unspecified atom stereocenters. The predicted octanol–water partition coefficient (Wildman–Crippen LogP) is 4.91. The van der Waals surface area contributed by atoms with Crippen LogP contribution in [0.2, 0.25) is 5.02 Å². The number of esters is 1. The highest BCUT2D eigenvalue weighted by Crippen LogP contribution is 2.41. The summed E-state index contributed by atoms with van der Waals surface area (Å²) in [6.07, 6.45) is 3.20. The molecule has 7 nitrogen and oxygen atoms in total. The summed E-state index contributed by atoms with van der Waals surface area (Å²) < 4.78 is 9.13. The fraction of sp³-hybridized carbons (Fsp3) is 0.346. The third-order valence-electron chi connectivity index (χ3n) is 6.15. The van der Waals surface area contributed by atoms with Crippen molar-refractivity contribution in [2.24, 2.45) is 7.05 Å². The zero-order valence-corrected chi connectivity index (χ0v) is 20.8. The third-order valence-corrected chi connectivity index (χ3v) is 6.40. The molecule has 0 spiro atoms. The van der Waals surface area contributed by atoms with E-state index in [1.54, 1.807) is 11.6 Å². The summed E-state index contributed by atoms with van der Waals surface area (Å²) in [7, 11) is 1.90. The smallest absolute Gasteiger partial charge is 0.339 e. The Hall–Kier alpha value is -3.16. The van der Waals surface area contributed by atoms with Gasteiger partial charge < -0.3 is 14.4 Å². The summed E-state index contributed by atoms with van der Waals surface area (Å²) in [6, 6.07) is 7.42. The minimum atomic E-state index is -1.45. The average molecular weight is 481 g/mol. The van der Waals surface area contributed by atoms with Crippen molar-refractivity contribution >= 4 is 28.6 Å². The number of pyridine rings is 1. The van der Waals surface area contributed by atoms with Crippen LogP contribution in [0.3, 0.4) is 0 Å². The second-order valence-electron chi connectivity index (χ2n) is 8.38. The number of fused-ring (bicyclic) bond motifs is 1. The van der Waals surface area contributed by atoms with E-state index in [4.69, 9.17) is 21.3 Å². The lowest BCUT2D eigenvalue weighted by atomic mass is 9.91. The van der Waals surface area contributed by atoms with E-state index in [2.05, 4.69) is 23.5 Å². The van der Waals surface area contributed by atoms with Crippen molar-refractivity contribution in [2.45, 2.75) is 46.8 Å². The molecule has 178 valence electrons. The minimum Gasteiger partial charge on any atom is -0.464 e. The molecule has 0 aliphatic rings. The highest BCUT2D eigenvalue weighted by molar-refractivity contribution is 6.30. The van der Waals surface area contributed by atoms with E-state index in [0.29, 0.717) is 22.8 Å². The number of hydrogen-bond acceptors (Lipinski definition) is 5. The van der Waals surface area contributed by atoms with Gasteiger partial charge in [-0.2, -0.15) is 5.10 Å². The largest absolute Gasteiger partial charge is 0.464 e. The maximum absolute atomic E-state index is 12.6. The normalized spacial score (nSPS) is 12.3. The van der Waals surface area contributed by atoms with Crippen LogP contribution in [0.5, 0.6) is 0 Å². The van der Waals surface area contributed by atoms with Crippen molar-refractivity contribution in [3.8, 4) is 11.1 Å². The molecule has 1 aromatic carbocycles. The first kappa shape index (κ1) is 24.0. The molecule has 3 heterocycles. The van der Waals surface area contributed by atoms with Gasteiger partial charge in [0.1, 0.15) is 5.65 Å². The van der Waals surface area contributed by atoms with Crippen LogP contribution in [0.15, 0.2) is 36.7 Å². The van der Waals surface area contributed by atoms with Gasteiger partial charge >= 0.3 is 5.97 Å². The summed E-state index contributed by atoms with van der Waals surface area (Å²) in [5.74, 6) is -0.690. The number of halogens is 1. The molecule has 3 aromatic heterocycles. The van der Waals surface area contributed by atoms with Gasteiger partial charge in [-0.1, -0.05) is 30.7 Å². The number of aromatic nitrogens is 4. The van der Waals surface area contributed by atoms with E-state index in [9.17, 15) is 9.90 Å². The molecule has 0 radical (unpaired) electrons. The van der Waals surface area contributed by atoms with Crippen molar-refractivity contribution in [1.82, 2.24) is 19.3 Å². The van der Waals surface area contributed by atoms with Crippen LogP contribution in [0, 0.1) is 13.8 Å². The van der Waals surface area contributed by atoms with Crippen molar-refractivity contribution < 1.29 is 14.6 Å². The lowest BCUT2D eigenvalue weighted by Crippen LogP contribution is -2.18. The summed E-state index contributed by atoms with van der Waals surface area (Å²) in [4.78, 5) is 17.5. The molecule has 0 aliphatic heterocycles. The Morgan fingerprint density at radius 3 is 2.50 bits per heavy atom. The van der Waals surface area contributed by atoms with E-state index >= 15 is 0 Å². The average Bonchev–Trinajstić information content (AvgIpc) is 3.33. The third kappa shape index (κ3) is 4.21. The van der Waals surface area contributed by atoms with Gasteiger partial charge in [-0.25, -0.2) is 9.78 Å². The van der Waals surface area contributed by atoms with Gasteiger partial charge in [-0.3, -0.25) is 4.68 Å². The van der Waals surface area contributed by atoms with Crippen molar-refractivity contribution in [2.75, 3.05) is 6.61 Å². The molecule has 4 aromatic rings. The predicted molar refractivity (Wildman–Crippen MR) is 133 cm³/mol. The lowest BCUT2D eigenvalue weighted by molar-refractivity contribution is -0.153. The van der Waals surface area contributed by atoms with Gasteiger partial charge in [0, 0.05) is 51.7 Å². The summed E-state index contributed by atoms with van der Waals surface area (Å²) in [6.45, 7) is 8.52. The number of aryl methyl sites for hydroxylation is 3. The number of carbonyl (C=O) groups excluding carboxylic acids is 1. The van der Waals surface area contributed by atoms with Crippen LogP contribution in [0.1, 0.15) is 48.0 Å². The highest BCUT2D eigenvalue weighted by atomic mass is 35.5. The summed E-state index contributed by atoms with van der Waals surface area (Å²) >= 11 is 6.17. The molecule has 0 saturated heterocycles. The van der Waals surface area contributed by atoms with Crippen molar-refractivity contribution in [3.05, 3.63) is 69.8 Å². The number of ether oxygens (including phenoxy) is 1. The quantitative estimate of drug-likeness (QED) is 0.380. The molecule has 0 aliphatic carbocycles. The van der Waals surface area contributed by atoms with Gasteiger partial charge in [-0.05, 0) is 50.5 Å². The molecule has 1 atom stereocenters. The molecule has 0 bridgehead atoms. The molecule has 1 N–H and O–H groups in total. The van der Waals surface area contributed by atoms with Crippen LogP contribution < -0.4 is 0 Å². The van der Waals surface area contributed by atoms with E-state index in [1.807, 2.05) is 50.6 Å². The Labute approximate surface area is 203 Å². The lowest BCUT2D eigenvalue weighted by Gasteiger charge is -2.19. The molecular weight excluding hydrogens is 452 g/mol. The molecular formula is C26H29ClN4O3. The van der Waals surface area contributed by atoms with Crippen LogP contribution >= 0.6 is 11.6 Å². The van der Waals surface area contributed by atoms with E-state index < -0.39 is 12.1 Å². The molecule has 34 heavy (non-hydrogen) atoms. The zero-order chi connectivity index (χ0) is 24.6. The second-order valence-corrected chi connectivity index (χ2v) is 8.82. The number of rotatable bonds is 7. The molecule has 0 amide bonds. The molecule has 0 fully saturated rings. The first-order valence-corrected chi connectivity index (χ1v) is 11.7. The van der Waals surface area contributed by atoms with E-state index in [1.165, 1.54) is 0 Å². The fourth-order valence-electron chi connectivity index (χ4n) is 4.68. The Morgan fingerprint density at radius 2 is 1.91 bits per heavy atom. The molecule has 0 saturated carbocycles. The number of hydrogen-bond donors (Lipinski definition) is 1. The number of benzene rings is 1. The highest BCUT2D eigenvalue weighted by Gasteiger charge is 2.30. The van der Waals surface area contributed by atoms with Gasteiger partial charge in [0.2, 0.25) is 0 Å². The molecule has 8 heteroatoms. The first-order chi connectivity index (χ1) is 16.3. The SMILES string of the molecule is CCOC(=O)[C@@H](O)c1c(C)nc2c(c(C)c(CC)n2Cc2cnn(C)c2)c1-c1ccc(Cl)cc1. The minimum absolute atomic E-state index is 0.182. The Bertz CT molecular complexity index is 1360. The van der Waals surface area contributed by atoms with Crippen LogP contribution in [-0.4, -0.2) is 37.0 Å². The van der Waals surface area contributed by atoms with Gasteiger partial charge in [0.25, 0.3) is 0 Å². The van der Waals surface area contributed by atoms with Gasteiger partial charge in [-0.15, -0.1) is 0 Å². The standard InChI is InChI=1S/C26H29ClN4O3/c1-6-20-15(3)21-23(18-8-10-19(27)11-9-18)22(24(32)26(33)34-7-2)16(4)29-25(21)31(20)14-17-12-28-30(5)13-17/h8-13,24,32H,6-7,14H2,1-5H3/t24-/m0/s1. The molecule has 4 rings (SSSR count). The Kier molecular flexibility index (Phi) is 6.77. The van der Waals surface area contributed by atoms with E-state index in [-0.39, 0.29) is 6.61 Å². The summed E-state index contributed by atoms with van der Waals surface area (Å²) in [5.41, 5.74) is 6.74. The number of aliphatic hydroxyl groups excluding tert-OH is 1.